The molecule has 4 rings (SSSR count). The van der Waals surface area contributed by atoms with Crippen LogP contribution in [0.15, 0.2) is 78.9 Å². The van der Waals surface area contributed by atoms with Gasteiger partial charge in [0.15, 0.2) is 5.69 Å². The number of hydrogen-bond acceptors (Lipinski definition) is 2. The molecule has 4 aromatic rings. The molecule has 1 amide bonds. The number of carbonyl (C=O) groups is 1. The molecule has 0 atom stereocenters. The molecular formula is C25H18F4N3O. The van der Waals surface area contributed by atoms with Crippen molar-refractivity contribution >= 4 is 11.6 Å². The number of benzene rings is 3. The summed E-state index contributed by atoms with van der Waals surface area (Å²) in [5.74, 6) is -1.63. The van der Waals surface area contributed by atoms with Gasteiger partial charge in [-0.05, 0) is 54.3 Å². The molecule has 8 heteroatoms. The second kappa shape index (κ2) is 8.90. The number of nitrogens with zero attached hydrogens (tertiary/aromatic N) is 2. The number of alkyl halides is 3. The molecule has 0 saturated heterocycles. The largest absolute Gasteiger partial charge is 0.435 e. The van der Waals surface area contributed by atoms with Gasteiger partial charge in [-0.2, -0.15) is 18.3 Å². The average molecular weight is 452 g/mol. The van der Waals surface area contributed by atoms with Crippen molar-refractivity contribution in [2.75, 3.05) is 5.32 Å². The lowest BCUT2D eigenvalue weighted by atomic mass is 10.0. The molecule has 0 unspecified atom stereocenters. The van der Waals surface area contributed by atoms with E-state index in [-0.39, 0.29) is 17.1 Å². The Labute approximate surface area is 187 Å². The van der Waals surface area contributed by atoms with E-state index in [0.29, 0.717) is 18.1 Å². The van der Waals surface area contributed by atoms with Crippen LogP contribution in [0.4, 0.5) is 23.2 Å². The third-order valence-electron chi connectivity index (χ3n) is 4.92. The zero-order valence-electron chi connectivity index (χ0n) is 17.2. The molecule has 3 aromatic carbocycles. The van der Waals surface area contributed by atoms with Crippen LogP contribution in [0, 0.1) is 12.7 Å². The normalized spacial score (nSPS) is 11.4. The van der Waals surface area contributed by atoms with Crippen LogP contribution in [0.2, 0.25) is 0 Å². The molecule has 33 heavy (non-hydrogen) atoms. The topological polar surface area (TPSA) is 46.9 Å². The van der Waals surface area contributed by atoms with Gasteiger partial charge in [-0.15, -0.1) is 0 Å². The van der Waals surface area contributed by atoms with Gasteiger partial charge in [-0.1, -0.05) is 48.5 Å². The van der Waals surface area contributed by atoms with Crippen molar-refractivity contribution in [2.45, 2.75) is 12.6 Å². The Morgan fingerprint density at radius 1 is 0.939 bits per heavy atom. The summed E-state index contributed by atoms with van der Waals surface area (Å²) in [5.41, 5.74) is 0.709. The van der Waals surface area contributed by atoms with Crippen molar-refractivity contribution in [3.63, 3.8) is 0 Å². The van der Waals surface area contributed by atoms with Crippen molar-refractivity contribution in [3.8, 4) is 5.69 Å². The second-order valence-electron chi connectivity index (χ2n) is 7.42. The average Bonchev–Trinajstić information content (AvgIpc) is 3.23. The van der Waals surface area contributed by atoms with Crippen LogP contribution < -0.4 is 5.32 Å². The van der Waals surface area contributed by atoms with Crippen LogP contribution in [-0.2, 0) is 12.6 Å². The SMILES string of the molecule is [CH2]c1cccc(-n2nc(C(F)(F)F)cc2C(=O)Nc2cc(Cc3ccccc3)ccc2F)c1. The first-order valence-corrected chi connectivity index (χ1v) is 9.94. The third kappa shape index (κ3) is 5.11. The molecule has 0 saturated carbocycles. The first-order chi connectivity index (χ1) is 15.7. The Hall–Kier alpha value is -3.94. The Morgan fingerprint density at radius 3 is 2.39 bits per heavy atom. The van der Waals surface area contributed by atoms with E-state index >= 15 is 0 Å². The maximum absolute atomic E-state index is 14.4. The Kier molecular flexibility index (Phi) is 6.00. The van der Waals surface area contributed by atoms with E-state index in [9.17, 15) is 22.4 Å². The Balaban J connectivity index is 1.67. The van der Waals surface area contributed by atoms with Crippen molar-refractivity contribution < 1.29 is 22.4 Å². The van der Waals surface area contributed by atoms with E-state index in [4.69, 9.17) is 0 Å². The molecular weight excluding hydrogens is 434 g/mol. The Morgan fingerprint density at radius 2 is 1.70 bits per heavy atom. The summed E-state index contributed by atoms with van der Waals surface area (Å²) in [7, 11) is 0. The highest BCUT2D eigenvalue weighted by Gasteiger charge is 2.36. The van der Waals surface area contributed by atoms with Gasteiger partial charge in [0.05, 0.1) is 11.4 Å². The van der Waals surface area contributed by atoms with Crippen molar-refractivity contribution in [2.24, 2.45) is 0 Å². The quantitative estimate of drug-likeness (QED) is 0.375. The lowest BCUT2D eigenvalue weighted by Crippen LogP contribution is -2.18. The number of carbonyl (C=O) groups excluding carboxylic acids is 1. The Bertz CT molecular complexity index is 1300. The summed E-state index contributed by atoms with van der Waals surface area (Å²) in [6.07, 6.45) is -4.26. The summed E-state index contributed by atoms with van der Waals surface area (Å²) in [6, 6.07) is 20.6. The number of anilines is 1. The van der Waals surface area contributed by atoms with E-state index < -0.39 is 23.6 Å². The van der Waals surface area contributed by atoms with Crippen LogP contribution in [0.1, 0.15) is 32.9 Å². The minimum absolute atomic E-state index is 0.138. The molecule has 0 aliphatic heterocycles. The highest BCUT2D eigenvalue weighted by atomic mass is 19.4. The van der Waals surface area contributed by atoms with Crippen LogP contribution in [0.5, 0.6) is 0 Å². The summed E-state index contributed by atoms with van der Waals surface area (Å²) in [4.78, 5) is 12.9. The monoisotopic (exact) mass is 452 g/mol. The molecule has 0 fully saturated rings. The van der Waals surface area contributed by atoms with E-state index in [1.54, 1.807) is 18.2 Å². The van der Waals surface area contributed by atoms with Crippen molar-refractivity contribution in [3.05, 3.63) is 120 Å². The number of aromatic nitrogens is 2. The fourth-order valence-electron chi connectivity index (χ4n) is 3.36. The highest BCUT2D eigenvalue weighted by Crippen LogP contribution is 2.30. The molecule has 1 radical (unpaired) electrons. The summed E-state index contributed by atoms with van der Waals surface area (Å²) in [5, 5.41) is 5.95. The van der Waals surface area contributed by atoms with Crippen LogP contribution in [0.3, 0.4) is 0 Å². The van der Waals surface area contributed by atoms with Crippen molar-refractivity contribution in [1.82, 2.24) is 9.78 Å². The molecule has 167 valence electrons. The first-order valence-electron chi connectivity index (χ1n) is 9.94. The number of hydrogen-bond donors (Lipinski definition) is 1. The molecule has 0 bridgehead atoms. The smallest absolute Gasteiger partial charge is 0.318 e. The molecule has 0 aliphatic rings. The lowest BCUT2D eigenvalue weighted by molar-refractivity contribution is -0.141. The van der Waals surface area contributed by atoms with Crippen LogP contribution in [0.25, 0.3) is 5.69 Å². The summed E-state index contributed by atoms with van der Waals surface area (Å²) < 4.78 is 55.2. The van der Waals surface area contributed by atoms with Crippen molar-refractivity contribution in [1.29, 1.82) is 0 Å². The minimum atomic E-state index is -4.76. The molecule has 0 aliphatic carbocycles. The third-order valence-corrected chi connectivity index (χ3v) is 4.92. The van der Waals surface area contributed by atoms with Gasteiger partial charge in [0, 0.05) is 6.07 Å². The number of rotatable bonds is 5. The fraction of sp³-hybridized carbons (Fsp3) is 0.0800. The summed E-state index contributed by atoms with van der Waals surface area (Å²) in [6.45, 7) is 3.75. The molecule has 0 spiro atoms. The molecule has 1 N–H and O–H groups in total. The molecule has 1 aromatic heterocycles. The van der Waals surface area contributed by atoms with Gasteiger partial charge in [0.1, 0.15) is 11.5 Å². The van der Waals surface area contributed by atoms with E-state index in [1.807, 2.05) is 30.3 Å². The zero-order chi connectivity index (χ0) is 23.6. The second-order valence-corrected chi connectivity index (χ2v) is 7.42. The van der Waals surface area contributed by atoms with Crippen LogP contribution in [-0.4, -0.2) is 15.7 Å². The predicted octanol–water partition coefficient (Wildman–Crippen LogP) is 6.06. The van der Waals surface area contributed by atoms with Crippen LogP contribution >= 0.6 is 0 Å². The maximum atomic E-state index is 14.4. The van der Waals surface area contributed by atoms with Gasteiger partial charge in [-0.3, -0.25) is 4.79 Å². The highest BCUT2D eigenvalue weighted by molar-refractivity contribution is 6.03. The number of halogens is 4. The number of amides is 1. The predicted molar refractivity (Wildman–Crippen MR) is 117 cm³/mol. The van der Waals surface area contributed by atoms with Gasteiger partial charge in [-0.25, -0.2) is 9.07 Å². The standard InChI is InChI=1S/C25H18F4N3O/c1-16-6-5-9-19(12-16)32-22(15-23(31-32)25(27,28)29)24(33)30-21-14-18(10-11-20(21)26)13-17-7-3-2-4-8-17/h2-12,14-15H,1,13H2,(H,30,33). The molecule has 1 heterocycles. The van der Waals surface area contributed by atoms with Gasteiger partial charge >= 0.3 is 6.18 Å². The maximum Gasteiger partial charge on any atom is 0.435 e. The molecule has 4 nitrogen and oxygen atoms in total. The van der Waals surface area contributed by atoms with E-state index in [2.05, 4.69) is 17.3 Å². The van der Waals surface area contributed by atoms with E-state index in [0.717, 1.165) is 15.8 Å². The fourth-order valence-corrected chi connectivity index (χ4v) is 3.36. The minimum Gasteiger partial charge on any atom is -0.318 e. The zero-order valence-corrected chi connectivity index (χ0v) is 17.2. The summed E-state index contributed by atoms with van der Waals surface area (Å²) >= 11 is 0. The van der Waals surface area contributed by atoms with Gasteiger partial charge < -0.3 is 5.32 Å². The number of nitrogens with one attached hydrogen (secondary N) is 1. The van der Waals surface area contributed by atoms with E-state index in [1.165, 1.54) is 24.3 Å². The lowest BCUT2D eigenvalue weighted by Gasteiger charge is -2.11. The van der Waals surface area contributed by atoms with Gasteiger partial charge in [0.2, 0.25) is 0 Å². The first kappa shape index (κ1) is 22.3. The van der Waals surface area contributed by atoms with Gasteiger partial charge in [0.25, 0.3) is 5.91 Å².